The van der Waals surface area contributed by atoms with Gasteiger partial charge in [0.2, 0.25) is 0 Å². The minimum Gasteiger partial charge on any atom is -0.370 e. The van der Waals surface area contributed by atoms with Gasteiger partial charge in [-0.25, -0.2) is 4.98 Å². The van der Waals surface area contributed by atoms with Crippen LogP contribution in [0.1, 0.15) is 30.6 Å². The number of carbonyl (C=O) groups excluding carboxylic acids is 1. The van der Waals surface area contributed by atoms with Crippen molar-refractivity contribution in [2.75, 3.05) is 32.5 Å². The van der Waals surface area contributed by atoms with E-state index in [9.17, 15) is 4.79 Å². The summed E-state index contributed by atoms with van der Waals surface area (Å²) in [5, 5.41) is 6.10. The summed E-state index contributed by atoms with van der Waals surface area (Å²) in [6.07, 6.45) is 2.58. The van der Waals surface area contributed by atoms with E-state index >= 15 is 0 Å². The molecule has 5 nitrogen and oxygen atoms in total. The average Bonchev–Trinajstić information content (AvgIpc) is 2.37. The highest BCUT2D eigenvalue weighted by molar-refractivity contribution is 5.94. The maximum Gasteiger partial charge on any atom is 0.251 e. The van der Waals surface area contributed by atoms with Gasteiger partial charge in [0, 0.05) is 24.3 Å². The molecule has 1 rings (SSSR count). The molecule has 5 heteroatoms. The predicted molar refractivity (Wildman–Crippen MR) is 78.5 cm³/mol. The van der Waals surface area contributed by atoms with E-state index in [2.05, 4.69) is 20.5 Å². The monoisotopic (exact) mass is 264 g/mol. The van der Waals surface area contributed by atoms with E-state index in [0.717, 1.165) is 25.3 Å². The number of hydrogen-bond acceptors (Lipinski definition) is 4. The van der Waals surface area contributed by atoms with Gasteiger partial charge in [0.15, 0.2) is 0 Å². The molecule has 0 bridgehead atoms. The zero-order valence-corrected chi connectivity index (χ0v) is 12.2. The molecule has 1 aromatic rings. The van der Waals surface area contributed by atoms with Crippen LogP contribution in [0.5, 0.6) is 0 Å². The molecule has 1 heterocycles. The Bertz CT molecular complexity index is 406. The first kappa shape index (κ1) is 15.4. The van der Waals surface area contributed by atoms with Crippen LogP contribution >= 0.6 is 0 Å². The summed E-state index contributed by atoms with van der Waals surface area (Å²) < 4.78 is 0. The predicted octanol–water partition coefficient (Wildman–Crippen LogP) is 1.58. The number of hydrogen-bond donors (Lipinski definition) is 2. The van der Waals surface area contributed by atoms with Crippen molar-refractivity contribution in [2.45, 2.75) is 26.3 Å². The Labute approximate surface area is 115 Å². The highest BCUT2D eigenvalue weighted by Crippen LogP contribution is 2.07. The summed E-state index contributed by atoms with van der Waals surface area (Å²) in [7, 11) is 4.06. The van der Waals surface area contributed by atoms with Gasteiger partial charge in [-0.2, -0.15) is 0 Å². The Morgan fingerprint density at radius 2 is 2.21 bits per heavy atom. The van der Waals surface area contributed by atoms with Crippen molar-refractivity contribution in [1.29, 1.82) is 0 Å². The van der Waals surface area contributed by atoms with E-state index in [4.69, 9.17) is 0 Å². The summed E-state index contributed by atoms with van der Waals surface area (Å²) in [5.74, 6) is 0.684. The van der Waals surface area contributed by atoms with Crippen molar-refractivity contribution >= 4 is 11.7 Å². The lowest BCUT2D eigenvalue weighted by Crippen LogP contribution is -2.34. The minimum absolute atomic E-state index is 0.0483. The molecule has 2 N–H and O–H groups in total. The number of aromatic nitrogens is 1. The van der Waals surface area contributed by atoms with Gasteiger partial charge in [0.05, 0.1) is 0 Å². The topological polar surface area (TPSA) is 57.3 Å². The van der Waals surface area contributed by atoms with E-state index < -0.39 is 0 Å². The lowest BCUT2D eigenvalue weighted by atomic mass is 10.2. The molecule has 1 unspecified atom stereocenters. The highest BCUT2D eigenvalue weighted by atomic mass is 16.1. The van der Waals surface area contributed by atoms with Gasteiger partial charge in [0.1, 0.15) is 5.82 Å². The fourth-order valence-corrected chi connectivity index (χ4v) is 1.68. The SMILES string of the molecule is CCNc1cc(C(=O)NC(C)CCN(C)C)ccn1. The van der Waals surface area contributed by atoms with Gasteiger partial charge < -0.3 is 15.5 Å². The zero-order valence-electron chi connectivity index (χ0n) is 12.2. The van der Waals surface area contributed by atoms with Crippen LogP contribution in [0, 0.1) is 0 Å². The van der Waals surface area contributed by atoms with Crippen molar-refractivity contribution in [3.63, 3.8) is 0 Å². The lowest BCUT2D eigenvalue weighted by molar-refractivity contribution is 0.0936. The second-order valence-electron chi connectivity index (χ2n) is 4.93. The van der Waals surface area contributed by atoms with E-state index in [0.29, 0.717) is 5.56 Å². The largest absolute Gasteiger partial charge is 0.370 e. The first-order valence-electron chi connectivity index (χ1n) is 6.68. The standard InChI is InChI=1S/C14H24N4O/c1-5-15-13-10-12(6-8-16-13)14(19)17-11(2)7-9-18(3)4/h6,8,10-11H,5,7,9H2,1-4H3,(H,15,16)(H,17,19). The second-order valence-corrected chi connectivity index (χ2v) is 4.93. The summed E-state index contributed by atoms with van der Waals surface area (Å²) in [6.45, 7) is 5.77. The lowest BCUT2D eigenvalue weighted by Gasteiger charge is -2.16. The normalized spacial score (nSPS) is 12.3. The number of carbonyl (C=O) groups is 1. The maximum atomic E-state index is 12.1. The van der Waals surface area contributed by atoms with E-state index in [1.807, 2.05) is 27.9 Å². The van der Waals surface area contributed by atoms with Gasteiger partial charge in [-0.1, -0.05) is 0 Å². The van der Waals surface area contributed by atoms with Crippen LogP contribution in [0.4, 0.5) is 5.82 Å². The van der Waals surface area contributed by atoms with E-state index in [1.54, 1.807) is 18.3 Å². The molecule has 0 aliphatic heterocycles. The zero-order chi connectivity index (χ0) is 14.3. The minimum atomic E-state index is -0.0483. The van der Waals surface area contributed by atoms with Gasteiger partial charge in [0.25, 0.3) is 5.91 Å². The molecule has 0 aromatic carbocycles. The van der Waals surface area contributed by atoms with Crippen LogP contribution in [0.3, 0.4) is 0 Å². The molecule has 0 saturated heterocycles. The molecule has 0 fully saturated rings. The van der Waals surface area contributed by atoms with Crippen LogP contribution in [-0.2, 0) is 0 Å². The number of amides is 1. The maximum absolute atomic E-state index is 12.1. The Hall–Kier alpha value is -1.62. The Kier molecular flexibility index (Phi) is 6.29. The first-order chi connectivity index (χ1) is 9.02. The molecule has 1 amide bonds. The Balaban J connectivity index is 2.55. The molecule has 19 heavy (non-hydrogen) atoms. The third kappa shape index (κ3) is 5.70. The number of nitrogens with zero attached hydrogens (tertiary/aromatic N) is 2. The fraction of sp³-hybridized carbons (Fsp3) is 0.571. The molecular weight excluding hydrogens is 240 g/mol. The molecular formula is C14H24N4O. The fourth-order valence-electron chi connectivity index (χ4n) is 1.68. The van der Waals surface area contributed by atoms with Gasteiger partial charge in [-0.15, -0.1) is 0 Å². The summed E-state index contributed by atoms with van der Waals surface area (Å²) >= 11 is 0. The van der Waals surface area contributed by atoms with Crippen molar-refractivity contribution < 1.29 is 4.79 Å². The molecule has 106 valence electrons. The van der Waals surface area contributed by atoms with Crippen LogP contribution in [0.15, 0.2) is 18.3 Å². The third-order valence-corrected chi connectivity index (χ3v) is 2.77. The second kappa shape index (κ2) is 7.74. The number of pyridine rings is 1. The Morgan fingerprint density at radius 3 is 2.84 bits per heavy atom. The van der Waals surface area contributed by atoms with Crippen molar-refractivity contribution in [3.05, 3.63) is 23.9 Å². The first-order valence-corrected chi connectivity index (χ1v) is 6.68. The van der Waals surface area contributed by atoms with Gasteiger partial charge in [-0.05, 0) is 53.0 Å². The molecule has 0 spiro atoms. The Morgan fingerprint density at radius 1 is 1.47 bits per heavy atom. The summed E-state index contributed by atoms with van der Waals surface area (Å²) in [4.78, 5) is 18.3. The van der Waals surface area contributed by atoms with Crippen LogP contribution in [0.2, 0.25) is 0 Å². The number of anilines is 1. The quantitative estimate of drug-likeness (QED) is 0.785. The highest BCUT2D eigenvalue weighted by Gasteiger charge is 2.10. The average molecular weight is 264 g/mol. The molecule has 0 aliphatic carbocycles. The molecule has 1 aromatic heterocycles. The van der Waals surface area contributed by atoms with Crippen LogP contribution < -0.4 is 10.6 Å². The van der Waals surface area contributed by atoms with Crippen LogP contribution in [0.25, 0.3) is 0 Å². The van der Waals surface area contributed by atoms with Gasteiger partial charge in [-0.3, -0.25) is 4.79 Å². The van der Waals surface area contributed by atoms with Gasteiger partial charge >= 0.3 is 0 Å². The molecule has 0 radical (unpaired) electrons. The van der Waals surface area contributed by atoms with E-state index in [1.165, 1.54) is 0 Å². The van der Waals surface area contributed by atoms with Crippen molar-refractivity contribution in [2.24, 2.45) is 0 Å². The molecule has 1 atom stereocenters. The van der Waals surface area contributed by atoms with Crippen LogP contribution in [-0.4, -0.2) is 49.0 Å². The smallest absolute Gasteiger partial charge is 0.251 e. The molecule has 0 saturated carbocycles. The third-order valence-electron chi connectivity index (χ3n) is 2.77. The van der Waals surface area contributed by atoms with Crippen molar-refractivity contribution in [3.8, 4) is 0 Å². The van der Waals surface area contributed by atoms with Crippen molar-refractivity contribution in [1.82, 2.24) is 15.2 Å². The number of rotatable bonds is 7. The van der Waals surface area contributed by atoms with E-state index in [-0.39, 0.29) is 11.9 Å². The molecule has 0 aliphatic rings. The summed E-state index contributed by atoms with van der Waals surface area (Å²) in [5.41, 5.74) is 0.641. The number of nitrogens with one attached hydrogen (secondary N) is 2. The summed E-state index contributed by atoms with van der Waals surface area (Å²) in [6, 6.07) is 3.66.